The molecule has 0 aromatic carbocycles. The summed E-state index contributed by atoms with van der Waals surface area (Å²) in [5.74, 6) is 0.768. The maximum absolute atomic E-state index is 11.4. The van der Waals surface area contributed by atoms with Crippen molar-refractivity contribution >= 4 is 10.0 Å². The first kappa shape index (κ1) is 11.0. The van der Waals surface area contributed by atoms with Crippen LogP contribution in [-0.4, -0.2) is 19.7 Å². The van der Waals surface area contributed by atoms with Gasteiger partial charge in [0.15, 0.2) is 0 Å². The van der Waals surface area contributed by atoms with E-state index in [4.69, 9.17) is 0 Å². The molecule has 0 aromatic heterocycles. The molecule has 1 aliphatic rings. The maximum atomic E-state index is 11.4. The number of hydrogen-bond donors (Lipinski definition) is 1. The lowest BCUT2D eigenvalue weighted by molar-refractivity contribution is 0.524. The Morgan fingerprint density at radius 1 is 1.31 bits per heavy atom. The second kappa shape index (κ2) is 3.96. The van der Waals surface area contributed by atoms with Crippen LogP contribution in [0.25, 0.3) is 0 Å². The highest BCUT2D eigenvalue weighted by atomic mass is 32.2. The van der Waals surface area contributed by atoms with E-state index in [-0.39, 0.29) is 11.3 Å². The fourth-order valence-corrected chi connectivity index (χ4v) is 2.25. The zero-order valence-corrected chi connectivity index (χ0v) is 9.39. The first-order valence-electron chi connectivity index (χ1n) is 4.93. The van der Waals surface area contributed by atoms with Crippen molar-refractivity contribution in [1.29, 1.82) is 0 Å². The number of sulfonamides is 1. The van der Waals surface area contributed by atoms with Crippen LogP contribution in [0.4, 0.5) is 0 Å². The van der Waals surface area contributed by atoms with Gasteiger partial charge in [-0.1, -0.05) is 12.8 Å². The molecule has 0 amide bonds. The molecule has 0 aromatic rings. The lowest BCUT2D eigenvalue weighted by Gasteiger charge is -2.15. The second-order valence-corrected chi connectivity index (χ2v) is 6.56. The van der Waals surface area contributed by atoms with E-state index in [0.29, 0.717) is 0 Å². The Hall–Kier alpha value is -0.0900. The van der Waals surface area contributed by atoms with Crippen LogP contribution in [0, 0.1) is 5.92 Å². The van der Waals surface area contributed by atoms with Gasteiger partial charge in [0.1, 0.15) is 0 Å². The molecule has 1 fully saturated rings. The van der Waals surface area contributed by atoms with Crippen LogP contribution < -0.4 is 4.72 Å². The third-order valence-electron chi connectivity index (χ3n) is 2.37. The molecular weight excluding hydrogens is 186 g/mol. The molecule has 4 heteroatoms. The van der Waals surface area contributed by atoms with E-state index in [1.165, 1.54) is 12.8 Å². The summed E-state index contributed by atoms with van der Waals surface area (Å²) in [7, 11) is -3.07. The summed E-state index contributed by atoms with van der Waals surface area (Å²) in [6.45, 7) is 5.34. The predicted octanol–water partition coefficient (Wildman–Crippen LogP) is 1.50. The first-order valence-corrected chi connectivity index (χ1v) is 6.47. The molecule has 0 aliphatic heterocycles. The van der Waals surface area contributed by atoms with E-state index < -0.39 is 10.0 Å². The molecule has 0 radical (unpaired) electrons. The minimum absolute atomic E-state index is 0.0971. The van der Waals surface area contributed by atoms with Crippen LogP contribution in [0.2, 0.25) is 0 Å². The lowest BCUT2D eigenvalue weighted by Crippen LogP contribution is -2.37. The van der Waals surface area contributed by atoms with Crippen molar-refractivity contribution in [3.8, 4) is 0 Å². The molecule has 0 bridgehead atoms. The Kier molecular flexibility index (Phi) is 3.35. The third kappa shape index (κ3) is 3.65. The second-order valence-electron chi connectivity index (χ2n) is 4.29. The highest BCUT2D eigenvalue weighted by Gasteiger charge is 2.26. The fraction of sp³-hybridized carbons (Fsp3) is 1.00. The summed E-state index contributed by atoms with van der Waals surface area (Å²) in [6.07, 6.45) is 3.54. The zero-order valence-electron chi connectivity index (χ0n) is 8.58. The highest BCUT2D eigenvalue weighted by molar-refractivity contribution is 7.90. The van der Waals surface area contributed by atoms with Crippen molar-refractivity contribution in [2.45, 2.75) is 51.3 Å². The Morgan fingerprint density at radius 3 is 2.23 bits per heavy atom. The van der Waals surface area contributed by atoms with E-state index in [1.807, 2.05) is 6.92 Å². The van der Waals surface area contributed by atoms with Gasteiger partial charge in [-0.25, -0.2) is 13.1 Å². The van der Waals surface area contributed by atoms with Crippen LogP contribution in [-0.2, 0) is 10.0 Å². The van der Waals surface area contributed by atoms with Crippen molar-refractivity contribution < 1.29 is 8.42 Å². The summed E-state index contributed by atoms with van der Waals surface area (Å²) in [4.78, 5) is 0. The van der Waals surface area contributed by atoms with E-state index >= 15 is 0 Å². The average molecular weight is 205 g/mol. The molecule has 0 spiro atoms. The van der Waals surface area contributed by atoms with E-state index in [2.05, 4.69) is 4.72 Å². The monoisotopic (exact) mass is 205 g/mol. The Morgan fingerprint density at radius 2 is 1.85 bits per heavy atom. The molecule has 1 aliphatic carbocycles. The molecule has 3 nitrogen and oxygen atoms in total. The van der Waals surface area contributed by atoms with E-state index in [0.717, 1.165) is 12.3 Å². The normalized spacial score (nSPS) is 20.6. The molecule has 0 saturated heterocycles. The first-order chi connectivity index (χ1) is 5.92. The molecule has 78 valence electrons. The van der Waals surface area contributed by atoms with E-state index in [1.54, 1.807) is 13.8 Å². The number of hydrogen-bond acceptors (Lipinski definition) is 2. The summed E-state index contributed by atoms with van der Waals surface area (Å²) in [5.41, 5.74) is 0. The van der Waals surface area contributed by atoms with Gasteiger partial charge in [-0.15, -0.1) is 0 Å². The van der Waals surface area contributed by atoms with E-state index in [9.17, 15) is 8.42 Å². The van der Waals surface area contributed by atoms with Crippen molar-refractivity contribution in [2.24, 2.45) is 5.92 Å². The van der Waals surface area contributed by atoms with Crippen LogP contribution in [0.1, 0.15) is 40.0 Å². The Bertz CT molecular complexity index is 255. The largest absolute Gasteiger partial charge is 0.214 e. The average Bonchev–Trinajstić information content (AvgIpc) is 2.69. The minimum atomic E-state index is -3.07. The van der Waals surface area contributed by atoms with Gasteiger partial charge >= 0.3 is 0 Å². The summed E-state index contributed by atoms with van der Waals surface area (Å²) < 4.78 is 25.6. The smallest absolute Gasteiger partial charge is 0.212 e. The van der Waals surface area contributed by atoms with Gasteiger partial charge in [0.2, 0.25) is 10.0 Å². The number of rotatable bonds is 5. The van der Waals surface area contributed by atoms with Crippen molar-refractivity contribution in [3.63, 3.8) is 0 Å². The Balaban J connectivity index is 2.37. The molecule has 1 unspecified atom stereocenters. The van der Waals surface area contributed by atoms with Crippen molar-refractivity contribution in [3.05, 3.63) is 0 Å². The SMILES string of the molecule is CC(CC1CC1)NS(=O)(=O)C(C)C. The number of nitrogens with one attached hydrogen (secondary N) is 1. The van der Waals surface area contributed by atoms with Crippen LogP contribution in [0.5, 0.6) is 0 Å². The minimum Gasteiger partial charge on any atom is -0.212 e. The van der Waals surface area contributed by atoms with Gasteiger partial charge in [0, 0.05) is 6.04 Å². The van der Waals surface area contributed by atoms with Gasteiger partial charge in [-0.05, 0) is 33.1 Å². The topological polar surface area (TPSA) is 46.2 Å². The van der Waals surface area contributed by atoms with Gasteiger partial charge in [0.05, 0.1) is 5.25 Å². The highest BCUT2D eigenvalue weighted by Crippen LogP contribution is 2.33. The molecule has 13 heavy (non-hydrogen) atoms. The summed E-state index contributed by atoms with van der Waals surface area (Å²) >= 11 is 0. The van der Waals surface area contributed by atoms with Crippen LogP contribution in [0.3, 0.4) is 0 Å². The van der Waals surface area contributed by atoms with Crippen LogP contribution >= 0.6 is 0 Å². The quantitative estimate of drug-likeness (QED) is 0.739. The van der Waals surface area contributed by atoms with Gasteiger partial charge in [0.25, 0.3) is 0 Å². The van der Waals surface area contributed by atoms with Crippen LogP contribution in [0.15, 0.2) is 0 Å². The third-order valence-corrected chi connectivity index (χ3v) is 4.34. The lowest BCUT2D eigenvalue weighted by atomic mass is 10.2. The van der Waals surface area contributed by atoms with Gasteiger partial charge in [-0.3, -0.25) is 0 Å². The zero-order chi connectivity index (χ0) is 10.1. The molecule has 1 rings (SSSR count). The van der Waals surface area contributed by atoms with Crippen molar-refractivity contribution in [1.82, 2.24) is 4.72 Å². The molecule has 1 atom stereocenters. The maximum Gasteiger partial charge on any atom is 0.214 e. The molecule has 1 saturated carbocycles. The molecule has 1 N–H and O–H groups in total. The molecular formula is C9H19NO2S. The predicted molar refractivity (Wildman–Crippen MR) is 54.0 cm³/mol. The summed E-state index contributed by atoms with van der Waals surface area (Å²) in [6, 6.07) is 0.0971. The molecule has 0 heterocycles. The fourth-order valence-electron chi connectivity index (χ4n) is 1.32. The standard InChI is InChI=1S/C9H19NO2S/c1-7(2)13(11,12)10-8(3)6-9-4-5-9/h7-10H,4-6H2,1-3H3. The van der Waals surface area contributed by atoms with Crippen molar-refractivity contribution in [2.75, 3.05) is 0 Å². The van der Waals surface area contributed by atoms with Gasteiger partial charge in [-0.2, -0.15) is 0 Å². The van der Waals surface area contributed by atoms with Gasteiger partial charge < -0.3 is 0 Å². The summed E-state index contributed by atoms with van der Waals surface area (Å²) in [5, 5.41) is -0.325. The Labute approximate surface area is 81.0 Å².